The fourth-order valence-electron chi connectivity index (χ4n) is 4.17. The lowest BCUT2D eigenvalue weighted by molar-refractivity contribution is -0.148. The first-order chi connectivity index (χ1) is 18.8. The number of carbonyl (C=O) groups is 2. The van der Waals surface area contributed by atoms with E-state index in [4.69, 9.17) is 9.47 Å². The van der Waals surface area contributed by atoms with Crippen molar-refractivity contribution in [2.24, 2.45) is 0 Å². The number of unbranched alkanes of at least 4 members (excludes halogenated alkanes) is 18. The molecule has 0 bridgehead atoms. The number of esters is 2. The second-order valence-corrected chi connectivity index (χ2v) is 11.6. The summed E-state index contributed by atoms with van der Waals surface area (Å²) in [4.78, 5) is 26.5. The van der Waals surface area contributed by atoms with Gasteiger partial charge < -0.3 is 9.47 Å². The van der Waals surface area contributed by atoms with Crippen molar-refractivity contribution in [3.8, 4) is 0 Å². The Morgan fingerprint density at radius 2 is 0.872 bits per heavy atom. The summed E-state index contributed by atoms with van der Waals surface area (Å²) in [6, 6.07) is -0.141. The van der Waals surface area contributed by atoms with Crippen LogP contribution in [0.25, 0.3) is 0 Å². The molecule has 234 valence electrons. The Bertz CT molecular complexity index is 526. The Morgan fingerprint density at radius 1 is 0.538 bits per heavy atom. The molecule has 0 aromatic rings. The third-order valence-electron chi connectivity index (χ3n) is 7.06. The van der Waals surface area contributed by atoms with Gasteiger partial charge in [0.1, 0.15) is 6.04 Å². The van der Waals surface area contributed by atoms with Gasteiger partial charge in [0.15, 0.2) is 0 Å². The van der Waals surface area contributed by atoms with E-state index in [9.17, 15) is 9.59 Å². The number of likely N-dealkylation sites (N-methyl/N-ethyl adjacent to an activating group) is 2. The quantitative estimate of drug-likeness (QED) is 0.0787. The minimum absolute atomic E-state index is 0.106. The molecule has 0 aliphatic heterocycles. The van der Waals surface area contributed by atoms with Gasteiger partial charge >= 0.3 is 11.9 Å². The lowest BCUT2D eigenvalue weighted by Gasteiger charge is -2.17. The Balaban J connectivity index is 0. The highest BCUT2D eigenvalue weighted by Gasteiger charge is 2.15. The molecule has 0 rings (SSSR count). The smallest absolute Gasteiger partial charge is 0.323 e. The van der Waals surface area contributed by atoms with Crippen LogP contribution in [0.2, 0.25) is 0 Å². The zero-order valence-electron chi connectivity index (χ0n) is 27.4. The SMILES string of the molecule is CCCCCCCCCCCCOC(=O)C(C)N(C)C.CCCCCCCCCCCCOC(=O)CN(C)C. The van der Waals surface area contributed by atoms with Gasteiger partial charge in [0.2, 0.25) is 0 Å². The largest absolute Gasteiger partial charge is 0.465 e. The predicted molar refractivity (Wildman–Crippen MR) is 167 cm³/mol. The van der Waals surface area contributed by atoms with Crippen LogP contribution in [-0.2, 0) is 19.1 Å². The van der Waals surface area contributed by atoms with Gasteiger partial charge in [0, 0.05) is 0 Å². The predicted octanol–water partition coefficient (Wildman–Crippen LogP) is 8.41. The van der Waals surface area contributed by atoms with E-state index in [2.05, 4.69) is 13.8 Å². The molecule has 0 fully saturated rings. The normalized spacial score (nSPS) is 11.8. The summed E-state index contributed by atoms with van der Waals surface area (Å²) in [6.07, 6.45) is 26.1. The van der Waals surface area contributed by atoms with Gasteiger partial charge in [-0.3, -0.25) is 19.4 Å². The molecule has 1 unspecified atom stereocenters. The van der Waals surface area contributed by atoms with Crippen molar-refractivity contribution in [3.63, 3.8) is 0 Å². The first kappa shape index (κ1) is 40.0. The van der Waals surface area contributed by atoms with Gasteiger partial charge in [-0.2, -0.15) is 0 Å². The molecule has 0 radical (unpaired) electrons. The maximum absolute atomic E-state index is 11.6. The Hall–Kier alpha value is -1.14. The molecule has 0 aliphatic carbocycles. The van der Waals surface area contributed by atoms with Crippen molar-refractivity contribution in [2.75, 3.05) is 47.9 Å². The Labute approximate surface area is 243 Å². The van der Waals surface area contributed by atoms with Crippen LogP contribution in [0.1, 0.15) is 149 Å². The maximum atomic E-state index is 11.6. The van der Waals surface area contributed by atoms with Crippen molar-refractivity contribution in [3.05, 3.63) is 0 Å². The van der Waals surface area contributed by atoms with Crippen molar-refractivity contribution in [1.29, 1.82) is 0 Å². The molecule has 6 heteroatoms. The van der Waals surface area contributed by atoms with E-state index in [0.717, 1.165) is 12.8 Å². The topological polar surface area (TPSA) is 59.1 Å². The standard InChI is InChI=1S/C17H35NO2.C16H33NO2/c1-5-6-7-8-9-10-11-12-13-14-15-20-17(19)16(2)18(3)4;1-4-5-6-7-8-9-10-11-12-13-14-19-16(18)15-17(2)3/h16H,5-15H2,1-4H3;4-15H2,1-3H3. The van der Waals surface area contributed by atoms with E-state index in [-0.39, 0.29) is 18.0 Å². The van der Waals surface area contributed by atoms with Crippen LogP contribution >= 0.6 is 0 Å². The Kier molecular flexibility index (Phi) is 32.2. The summed E-state index contributed by atoms with van der Waals surface area (Å²) < 4.78 is 10.4. The highest BCUT2D eigenvalue weighted by atomic mass is 16.5. The third-order valence-corrected chi connectivity index (χ3v) is 7.06. The van der Waals surface area contributed by atoms with E-state index in [1.54, 1.807) is 0 Å². The van der Waals surface area contributed by atoms with Crippen LogP contribution in [0.4, 0.5) is 0 Å². The first-order valence-corrected chi connectivity index (χ1v) is 16.4. The summed E-state index contributed by atoms with van der Waals surface area (Å²) in [5.41, 5.74) is 0. The molecule has 0 aromatic heterocycles. The number of hydrogen-bond donors (Lipinski definition) is 0. The van der Waals surface area contributed by atoms with Crippen LogP contribution in [0.15, 0.2) is 0 Å². The number of nitrogens with zero attached hydrogens (tertiary/aromatic N) is 2. The van der Waals surface area contributed by atoms with E-state index in [1.807, 2.05) is 44.9 Å². The Morgan fingerprint density at radius 3 is 1.21 bits per heavy atom. The molecular weight excluding hydrogens is 488 g/mol. The van der Waals surface area contributed by atoms with E-state index in [1.165, 1.54) is 116 Å². The molecule has 0 N–H and O–H groups in total. The van der Waals surface area contributed by atoms with Gasteiger partial charge in [-0.05, 0) is 48.0 Å². The molecule has 0 spiro atoms. The lowest BCUT2D eigenvalue weighted by Crippen LogP contribution is -2.34. The molecule has 0 saturated heterocycles. The lowest BCUT2D eigenvalue weighted by atomic mass is 10.1. The number of ether oxygens (including phenoxy) is 2. The van der Waals surface area contributed by atoms with Crippen molar-refractivity contribution >= 4 is 11.9 Å². The summed E-state index contributed by atoms with van der Waals surface area (Å²) >= 11 is 0. The average molecular weight is 557 g/mol. The van der Waals surface area contributed by atoms with E-state index < -0.39 is 0 Å². The zero-order valence-corrected chi connectivity index (χ0v) is 27.4. The van der Waals surface area contributed by atoms with Crippen molar-refractivity contribution in [1.82, 2.24) is 9.80 Å². The van der Waals surface area contributed by atoms with Crippen molar-refractivity contribution in [2.45, 2.75) is 155 Å². The first-order valence-electron chi connectivity index (χ1n) is 16.4. The van der Waals surface area contributed by atoms with Crippen LogP contribution in [0.5, 0.6) is 0 Å². The van der Waals surface area contributed by atoms with Crippen LogP contribution in [0.3, 0.4) is 0 Å². The summed E-state index contributed by atoms with van der Waals surface area (Å²) in [7, 11) is 7.54. The fraction of sp³-hybridized carbons (Fsp3) is 0.939. The monoisotopic (exact) mass is 557 g/mol. The van der Waals surface area contributed by atoms with Gasteiger partial charge in [0.25, 0.3) is 0 Å². The number of rotatable bonds is 26. The molecule has 0 amide bonds. The highest BCUT2D eigenvalue weighted by Crippen LogP contribution is 2.11. The van der Waals surface area contributed by atoms with E-state index in [0.29, 0.717) is 19.8 Å². The molecule has 39 heavy (non-hydrogen) atoms. The second kappa shape index (κ2) is 31.4. The van der Waals surface area contributed by atoms with E-state index >= 15 is 0 Å². The molecule has 6 nitrogen and oxygen atoms in total. The third kappa shape index (κ3) is 33.0. The highest BCUT2D eigenvalue weighted by molar-refractivity contribution is 5.75. The summed E-state index contributed by atoms with van der Waals surface area (Å²) in [6.45, 7) is 7.94. The summed E-state index contributed by atoms with van der Waals surface area (Å²) in [5.74, 6) is -0.216. The molecule has 0 saturated carbocycles. The summed E-state index contributed by atoms with van der Waals surface area (Å²) in [5, 5.41) is 0. The minimum atomic E-state index is -0.141. The fourth-order valence-corrected chi connectivity index (χ4v) is 4.17. The van der Waals surface area contributed by atoms with Crippen molar-refractivity contribution < 1.29 is 19.1 Å². The van der Waals surface area contributed by atoms with Gasteiger partial charge in [-0.1, -0.05) is 129 Å². The minimum Gasteiger partial charge on any atom is -0.465 e. The molecular formula is C33H68N2O4. The zero-order chi connectivity index (χ0) is 29.6. The van der Waals surface area contributed by atoms with Crippen LogP contribution in [-0.4, -0.2) is 75.7 Å². The molecule has 0 heterocycles. The average Bonchev–Trinajstić information content (AvgIpc) is 2.89. The molecule has 0 aliphatic rings. The maximum Gasteiger partial charge on any atom is 0.323 e. The van der Waals surface area contributed by atoms with Crippen LogP contribution in [0, 0.1) is 0 Å². The van der Waals surface area contributed by atoms with Gasteiger partial charge in [0.05, 0.1) is 19.8 Å². The van der Waals surface area contributed by atoms with Crippen LogP contribution < -0.4 is 0 Å². The molecule has 0 aromatic carbocycles. The van der Waals surface area contributed by atoms with Gasteiger partial charge in [-0.15, -0.1) is 0 Å². The number of hydrogen-bond acceptors (Lipinski definition) is 6. The number of carbonyl (C=O) groups excluding carboxylic acids is 2. The molecule has 1 atom stereocenters. The second-order valence-electron chi connectivity index (χ2n) is 11.6. The van der Waals surface area contributed by atoms with Gasteiger partial charge in [-0.25, -0.2) is 0 Å².